The molecule has 1 aromatic carbocycles. The van der Waals surface area contributed by atoms with E-state index in [-0.39, 0.29) is 11.8 Å². The van der Waals surface area contributed by atoms with Gasteiger partial charge in [-0.05, 0) is 19.0 Å². The van der Waals surface area contributed by atoms with Gasteiger partial charge in [0.25, 0.3) is 0 Å². The largest absolute Gasteiger partial charge is 0.292 e. The average Bonchev–Trinajstić information content (AvgIpc) is 2.57. The molecule has 0 fully saturated rings. The van der Waals surface area contributed by atoms with Crippen molar-refractivity contribution in [1.82, 2.24) is 4.90 Å². The van der Waals surface area contributed by atoms with Gasteiger partial charge >= 0.3 is 0 Å². The molecular weight excluding hydrogens is 186 g/mol. The van der Waals surface area contributed by atoms with Gasteiger partial charge in [0.15, 0.2) is 5.78 Å². The van der Waals surface area contributed by atoms with Gasteiger partial charge in [-0.1, -0.05) is 30.2 Å². The molecule has 0 heterocycles. The smallest absolute Gasteiger partial charge is 0.180 e. The Morgan fingerprint density at radius 3 is 2.93 bits per heavy atom. The van der Waals surface area contributed by atoms with Gasteiger partial charge < -0.3 is 0 Å². The molecule has 15 heavy (non-hydrogen) atoms. The molecule has 0 aliphatic heterocycles. The van der Waals surface area contributed by atoms with Gasteiger partial charge in [-0.2, -0.15) is 0 Å². The maximum Gasteiger partial charge on any atom is 0.180 e. The van der Waals surface area contributed by atoms with Gasteiger partial charge in [0.05, 0.1) is 12.6 Å². The van der Waals surface area contributed by atoms with Crippen molar-refractivity contribution in [2.75, 3.05) is 13.6 Å². The summed E-state index contributed by atoms with van der Waals surface area (Å²) in [6.45, 7) is 0.518. The third-order valence-electron chi connectivity index (χ3n) is 2.87. The van der Waals surface area contributed by atoms with Crippen LogP contribution >= 0.6 is 0 Å². The van der Waals surface area contributed by atoms with Gasteiger partial charge in [-0.3, -0.25) is 9.69 Å². The summed E-state index contributed by atoms with van der Waals surface area (Å²) in [7, 11) is 1.90. The second kappa shape index (κ2) is 3.88. The molecule has 2 nitrogen and oxygen atoms in total. The summed E-state index contributed by atoms with van der Waals surface area (Å²) in [6.07, 6.45) is 6.03. The number of rotatable bonds is 2. The van der Waals surface area contributed by atoms with Gasteiger partial charge in [-0.15, -0.1) is 6.42 Å². The monoisotopic (exact) mass is 199 g/mol. The predicted octanol–water partition coefficient (Wildman–Crippen LogP) is 1.36. The van der Waals surface area contributed by atoms with Crippen LogP contribution in [0.15, 0.2) is 24.3 Å². The normalized spacial score (nSPS) is 19.0. The number of terminal acetylenes is 1. The van der Waals surface area contributed by atoms with Crippen molar-refractivity contribution >= 4 is 5.78 Å². The minimum absolute atomic E-state index is 0.0709. The Morgan fingerprint density at radius 2 is 2.27 bits per heavy atom. The second-order valence-corrected chi connectivity index (χ2v) is 3.86. The zero-order valence-electron chi connectivity index (χ0n) is 8.73. The highest BCUT2D eigenvalue weighted by Crippen LogP contribution is 2.24. The number of likely N-dealkylation sites (N-methyl/N-ethyl adjacent to an activating group) is 1. The number of carbonyl (C=O) groups excluding carboxylic acids is 1. The fourth-order valence-corrected chi connectivity index (χ4v) is 2.03. The molecule has 0 N–H and O–H groups in total. The van der Waals surface area contributed by atoms with Crippen LogP contribution in [0.3, 0.4) is 0 Å². The summed E-state index contributed by atoms with van der Waals surface area (Å²) >= 11 is 0. The van der Waals surface area contributed by atoms with Gasteiger partial charge in [0.1, 0.15) is 0 Å². The van der Waals surface area contributed by atoms with Crippen LogP contribution in [0.1, 0.15) is 15.9 Å². The Hall–Kier alpha value is -1.59. The SMILES string of the molecule is C#CCN(C)C1Cc2ccccc2C1=O. The third-order valence-corrected chi connectivity index (χ3v) is 2.87. The predicted molar refractivity (Wildman–Crippen MR) is 59.7 cm³/mol. The summed E-state index contributed by atoms with van der Waals surface area (Å²) in [5, 5.41) is 0. The molecule has 2 rings (SSSR count). The molecule has 1 aliphatic rings. The van der Waals surface area contributed by atoms with E-state index in [1.807, 2.05) is 36.2 Å². The second-order valence-electron chi connectivity index (χ2n) is 3.86. The Labute approximate surface area is 89.9 Å². The van der Waals surface area contributed by atoms with E-state index in [9.17, 15) is 4.79 Å². The standard InChI is InChI=1S/C13H13NO/c1-3-8-14(2)12-9-10-6-4-5-7-11(10)13(12)15/h1,4-7,12H,8-9H2,2H3. The molecule has 0 aromatic heterocycles. The van der Waals surface area contributed by atoms with Crippen LogP contribution in [0, 0.1) is 12.3 Å². The molecule has 0 amide bonds. The highest BCUT2D eigenvalue weighted by Gasteiger charge is 2.32. The molecule has 0 radical (unpaired) electrons. The number of hydrogen-bond acceptors (Lipinski definition) is 2. The van der Waals surface area contributed by atoms with Crippen molar-refractivity contribution in [2.45, 2.75) is 12.5 Å². The number of carbonyl (C=O) groups is 1. The van der Waals surface area contributed by atoms with Crippen LogP contribution in [-0.2, 0) is 6.42 Å². The van der Waals surface area contributed by atoms with E-state index in [0.717, 1.165) is 17.5 Å². The number of hydrogen-bond donors (Lipinski definition) is 0. The minimum atomic E-state index is -0.0709. The van der Waals surface area contributed by atoms with Gasteiger partial charge in [0.2, 0.25) is 0 Å². The average molecular weight is 199 g/mol. The maximum atomic E-state index is 12.0. The van der Waals surface area contributed by atoms with Crippen molar-refractivity contribution < 1.29 is 4.79 Å². The summed E-state index contributed by atoms with van der Waals surface area (Å²) in [5.41, 5.74) is 1.99. The number of nitrogens with zero attached hydrogens (tertiary/aromatic N) is 1. The Morgan fingerprint density at radius 1 is 1.53 bits per heavy atom. The first kappa shape index (κ1) is 9.95. The van der Waals surface area contributed by atoms with Crippen molar-refractivity contribution in [3.8, 4) is 12.3 Å². The maximum absolute atomic E-state index is 12.0. The van der Waals surface area contributed by atoms with Crippen LogP contribution in [0.25, 0.3) is 0 Å². The fourth-order valence-electron chi connectivity index (χ4n) is 2.03. The molecule has 0 saturated carbocycles. The van der Waals surface area contributed by atoms with Crippen LogP contribution in [0.2, 0.25) is 0 Å². The molecule has 1 atom stereocenters. The summed E-state index contributed by atoms with van der Waals surface area (Å²) in [6, 6.07) is 7.70. The molecule has 2 heteroatoms. The molecule has 1 unspecified atom stereocenters. The Kier molecular flexibility index (Phi) is 2.57. The zero-order chi connectivity index (χ0) is 10.8. The van der Waals surface area contributed by atoms with Crippen molar-refractivity contribution in [3.63, 3.8) is 0 Å². The molecule has 0 bridgehead atoms. The molecule has 1 aliphatic carbocycles. The first-order valence-electron chi connectivity index (χ1n) is 5.00. The van der Waals surface area contributed by atoms with E-state index in [4.69, 9.17) is 6.42 Å². The third kappa shape index (κ3) is 1.67. The van der Waals surface area contributed by atoms with Crippen LogP contribution in [-0.4, -0.2) is 30.3 Å². The molecule has 76 valence electrons. The molecule has 0 saturated heterocycles. The van der Waals surface area contributed by atoms with E-state index < -0.39 is 0 Å². The lowest BCUT2D eigenvalue weighted by Crippen LogP contribution is -2.36. The fraction of sp³-hybridized carbons (Fsp3) is 0.308. The van der Waals surface area contributed by atoms with E-state index in [1.165, 1.54) is 0 Å². The topological polar surface area (TPSA) is 20.3 Å². The Bertz CT molecular complexity index is 430. The number of fused-ring (bicyclic) bond motifs is 1. The lowest BCUT2D eigenvalue weighted by Gasteiger charge is -2.19. The van der Waals surface area contributed by atoms with E-state index in [1.54, 1.807) is 0 Å². The number of benzene rings is 1. The lowest BCUT2D eigenvalue weighted by molar-refractivity contribution is 0.0887. The first-order chi connectivity index (χ1) is 7.24. The molecule has 0 spiro atoms. The summed E-state index contributed by atoms with van der Waals surface area (Å²) in [5.74, 6) is 2.76. The highest BCUT2D eigenvalue weighted by atomic mass is 16.1. The quantitative estimate of drug-likeness (QED) is 0.670. The van der Waals surface area contributed by atoms with Crippen molar-refractivity contribution in [2.24, 2.45) is 0 Å². The van der Waals surface area contributed by atoms with Crippen LogP contribution in [0.4, 0.5) is 0 Å². The molecule has 1 aromatic rings. The van der Waals surface area contributed by atoms with Crippen molar-refractivity contribution in [1.29, 1.82) is 0 Å². The summed E-state index contributed by atoms with van der Waals surface area (Å²) < 4.78 is 0. The van der Waals surface area contributed by atoms with E-state index in [0.29, 0.717) is 6.54 Å². The summed E-state index contributed by atoms with van der Waals surface area (Å²) in [4.78, 5) is 13.9. The van der Waals surface area contributed by atoms with E-state index >= 15 is 0 Å². The first-order valence-corrected chi connectivity index (χ1v) is 5.00. The zero-order valence-corrected chi connectivity index (χ0v) is 8.73. The van der Waals surface area contributed by atoms with Crippen molar-refractivity contribution in [3.05, 3.63) is 35.4 Å². The van der Waals surface area contributed by atoms with Gasteiger partial charge in [-0.25, -0.2) is 0 Å². The van der Waals surface area contributed by atoms with Crippen LogP contribution < -0.4 is 0 Å². The lowest BCUT2D eigenvalue weighted by atomic mass is 10.1. The Balaban J connectivity index is 2.24. The molecular formula is C13H13NO. The van der Waals surface area contributed by atoms with Crippen LogP contribution in [0.5, 0.6) is 0 Å². The van der Waals surface area contributed by atoms with E-state index in [2.05, 4.69) is 5.92 Å². The van der Waals surface area contributed by atoms with Gasteiger partial charge in [0, 0.05) is 5.56 Å². The number of ketones is 1. The highest BCUT2D eigenvalue weighted by molar-refractivity contribution is 6.04. The minimum Gasteiger partial charge on any atom is -0.292 e. The number of Topliss-reactive ketones (excluding diaryl/α,β-unsaturated/α-hetero) is 1.